The number of carbonyl (C=O) groups is 1. The average molecular weight is 249 g/mol. The molecule has 0 saturated heterocycles. The highest BCUT2D eigenvalue weighted by Crippen LogP contribution is 2.31. The topological polar surface area (TPSA) is 37.3 Å². The van der Waals surface area contributed by atoms with Crippen LogP contribution < -0.4 is 0 Å². The Kier molecular flexibility index (Phi) is 4.24. The fourth-order valence-electron chi connectivity index (χ4n) is 1.48. The molecule has 0 spiro atoms. The van der Waals surface area contributed by atoms with Gasteiger partial charge in [0.05, 0.1) is 0 Å². The molecule has 2 nitrogen and oxygen atoms in total. The van der Waals surface area contributed by atoms with E-state index in [1.165, 1.54) is 6.07 Å². The number of aliphatic carboxylic acids is 1. The Morgan fingerprint density at radius 1 is 1.50 bits per heavy atom. The van der Waals surface area contributed by atoms with Gasteiger partial charge in [-0.3, -0.25) is 4.79 Å². The van der Waals surface area contributed by atoms with Crippen LogP contribution in [0.3, 0.4) is 0 Å². The molecular formula is C11H11ClF2O2. The number of hydrogen-bond acceptors (Lipinski definition) is 1. The smallest absolute Gasteiger partial charge is 0.303 e. The maximum Gasteiger partial charge on any atom is 0.303 e. The zero-order valence-electron chi connectivity index (χ0n) is 8.64. The van der Waals surface area contributed by atoms with Crippen molar-refractivity contribution in [3.63, 3.8) is 0 Å². The van der Waals surface area contributed by atoms with Crippen LogP contribution in [0.5, 0.6) is 0 Å². The quantitative estimate of drug-likeness (QED) is 0.827. The summed E-state index contributed by atoms with van der Waals surface area (Å²) >= 11 is 5.76. The zero-order chi connectivity index (χ0) is 12.3. The van der Waals surface area contributed by atoms with Gasteiger partial charge in [-0.2, -0.15) is 0 Å². The lowest BCUT2D eigenvalue weighted by atomic mass is 9.95. The van der Waals surface area contributed by atoms with Crippen molar-refractivity contribution in [2.45, 2.75) is 25.7 Å². The number of benzene rings is 1. The van der Waals surface area contributed by atoms with E-state index in [0.29, 0.717) is 0 Å². The zero-order valence-corrected chi connectivity index (χ0v) is 9.39. The SMILES string of the molecule is CC(CCC(=O)O)c1c(Cl)ccc(F)c1F. The summed E-state index contributed by atoms with van der Waals surface area (Å²) in [6.45, 7) is 1.62. The van der Waals surface area contributed by atoms with Gasteiger partial charge in [-0.25, -0.2) is 8.78 Å². The maximum absolute atomic E-state index is 13.4. The Balaban J connectivity index is 2.94. The van der Waals surface area contributed by atoms with Crippen molar-refractivity contribution in [1.82, 2.24) is 0 Å². The van der Waals surface area contributed by atoms with Crippen LogP contribution in [0.15, 0.2) is 12.1 Å². The summed E-state index contributed by atoms with van der Waals surface area (Å²) in [6, 6.07) is 2.22. The van der Waals surface area contributed by atoms with Gasteiger partial charge in [0.15, 0.2) is 11.6 Å². The summed E-state index contributed by atoms with van der Waals surface area (Å²) in [5, 5.41) is 8.62. The van der Waals surface area contributed by atoms with Gasteiger partial charge in [-0.15, -0.1) is 0 Å². The van der Waals surface area contributed by atoms with Crippen LogP contribution in [0.1, 0.15) is 31.2 Å². The van der Waals surface area contributed by atoms with Gasteiger partial charge in [-0.05, 0) is 24.5 Å². The lowest BCUT2D eigenvalue weighted by molar-refractivity contribution is -0.137. The van der Waals surface area contributed by atoms with Gasteiger partial charge >= 0.3 is 5.97 Å². The minimum atomic E-state index is -0.995. The lowest BCUT2D eigenvalue weighted by Crippen LogP contribution is -2.04. The van der Waals surface area contributed by atoms with Crippen LogP contribution >= 0.6 is 11.6 Å². The number of rotatable bonds is 4. The van der Waals surface area contributed by atoms with Crippen LogP contribution in [0, 0.1) is 11.6 Å². The van der Waals surface area contributed by atoms with Crippen LogP contribution in [0.25, 0.3) is 0 Å². The molecule has 16 heavy (non-hydrogen) atoms. The van der Waals surface area contributed by atoms with Crippen molar-refractivity contribution in [2.75, 3.05) is 0 Å². The first-order valence-corrected chi connectivity index (χ1v) is 5.16. The van der Waals surface area contributed by atoms with Crippen molar-refractivity contribution in [3.8, 4) is 0 Å². The first-order chi connectivity index (χ1) is 7.43. The maximum atomic E-state index is 13.4. The lowest BCUT2D eigenvalue weighted by Gasteiger charge is -2.13. The fraction of sp³-hybridized carbons (Fsp3) is 0.364. The Labute approximate surface area is 96.8 Å². The third kappa shape index (κ3) is 2.92. The molecule has 1 N–H and O–H groups in total. The largest absolute Gasteiger partial charge is 0.481 e. The van der Waals surface area contributed by atoms with Crippen molar-refractivity contribution in [1.29, 1.82) is 0 Å². The molecule has 1 aromatic carbocycles. The molecule has 88 valence electrons. The van der Waals surface area contributed by atoms with Crippen molar-refractivity contribution in [3.05, 3.63) is 34.4 Å². The molecule has 1 unspecified atom stereocenters. The number of carboxylic acid groups (broad SMARTS) is 1. The third-order valence-corrected chi connectivity index (χ3v) is 2.69. The summed E-state index contributed by atoms with van der Waals surface area (Å²) < 4.78 is 26.4. The van der Waals surface area contributed by atoms with E-state index < -0.39 is 23.5 Å². The molecule has 0 radical (unpaired) electrons. The van der Waals surface area contributed by atoms with E-state index in [4.69, 9.17) is 16.7 Å². The highest BCUT2D eigenvalue weighted by molar-refractivity contribution is 6.31. The van der Waals surface area contributed by atoms with Crippen LogP contribution in [-0.2, 0) is 4.79 Å². The van der Waals surface area contributed by atoms with Gasteiger partial charge in [-0.1, -0.05) is 18.5 Å². The standard InChI is InChI=1S/C11H11ClF2O2/c1-6(2-5-9(15)16)10-7(12)3-4-8(13)11(10)14/h3-4,6H,2,5H2,1H3,(H,15,16). The summed E-state index contributed by atoms with van der Waals surface area (Å²) in [7, 11) is 0. The summed E-state index contributed by atoms with van der Waals surface area (Å²) in [4.78, 5) is 10.4. The third-order valence-electron chi connectivity index (χ3n) is 2.36. The second-order valence-electron chi connectivity index (χ2n) is 3.59. The molecule has 1 atom stereocenters. The minimum Gasteiger partial charge on any atom is -0.481 e. The van der Waals surface area contributed by atoms with Gasteiger partial charge in [0.1, 0.15) is 0 Å². The van der Waals surface area contributed by atoms with Crippen molar-refractivity contribution >= 4 is 17.6 Å². The fourth-order valence-corrected chi connectivity index (χ4v) is 1.81. The first-order valence-electron chi connectivity index (χ1n) is 4.78. The Bertz CT molecular complexity index is 407. The van der Waals surface area contributed by atoms with Gasteiger partial charge in [0.25, 0.3) is 0 Å². The summed E-state index contributed by atoms with van der Waals surface area (Å²) in [5.74, 6) is -3.37. The second-order valence-corrected chi connectivity index (χ2v) is 4.00. The molecule has 0 aliphatic carbocycles. The van der Waals surface area contributed by atoms with Gasteiger partial charge in [0, 0.05) is 17.0 Å². The van der Waals surface area contributed by atoms with E-state index in [1.807, 2.05) is 0 Å². The minimum absolute atomic E-state index is 0.0444. The van der Waals surface area contributed by atoms with E-state index >= 15 is 0 Å². The number of carboxylic acids is 1. The predicted octanol–water partition coefficient (Wildman–Crippen LogP) is 3.59. The van der Waals surface area contributed by atoms with Crippen LogP contribution in [-0.4, -0.2) is 11.1 Å². The van der Waals surface area contributed by atoms with E-state index in [9.17, 15) is 13.6 Å². The van der Waals surface area contributed by atoms with E-state index in [1.54, 1.807) is 6.92 Å². The highest BCUT2D eigenvalue weighted by atomic mass is 35.5. The Hall–Kier alpha value is -1.16. The van der Waals surface area contributed by atoms with Crippen LogP contribution in [0.2, 0.25) is 5.02 Å². The normalized spacial score (nSPS) is 12.5. The number of halogens is 3. The van der Waals surface area contributed by atoms with E-state index in [0.717, 1.165) is 6.07 Å². The summed E-state index contributed by atoms with van der Waals surface area (Å²) in [6.07, 6.45) is 0.114. The second kappa shape index (κ2) is 5.25. The number of hydrogen-bond donors (Lipinski definition) is 1. The molecule has 1 rings (SSSR count). The molecule has 5 heteroatoms. The highest BCUT2D eigenvalue weighted by Gasteiger charge is 2.18. The summed E-state index contributed by atoms with van der Waals surface area (Å²) in [5.41, 5.74) is 0.0444. The average Bonchev–Trinajstić information content (AvgIpc) is 2.21. The molecule has 0 aromatic heterocycles. The monoisotopic (exact) mass is 248 g/mol. The van der Waals surface area contributed by atoms with Gasteiger partial charge < -0.3 is 5.11 Å². The molecule has 0 amide bonds. The molecule has 0 aliphatic rings. The van der Waals surface area contributed by atoms with E-state index in [2.05, 4.69) is 0 Å². The molecule has 1 aromatic rings. The molecule has 0 saturated carbocycles. The molecule has 0 heterocycles. The van der Waals surface area contributed by atoms with Crippen LogP contribution in [0.4, 0.5) is 8.78 Å². The Morgan fingerprint density at radius 3 is 2.69 bits per heavy atom. The Morgan fingerprint density at radius 2 is 2.12 bits per heavy atom. The molecule has 0 bridgehead atoms. The molecule has 0 aliphatic heterocycles. The van der Waals surface area contributed by atoms with Crippen molar-refractivity contribution in [2.24, 2.45) is 0 Å². The van der Waals surface area contributed by atoms with Gasteiger partial charge in [0.2, 0.25) is 0 Å². The first kappa shape index (κ1) is 12.9. The molecule has 0 fully saturated rings. The molecular weight excluding hydrogens is 238 g/mol. The predicted molar refractivity (Wildman–Crippen MR) is 56.7 cm³/mol. The van der Waals surface area contributed by atoms with Crippen molar-refractivity contribution < 1.29 is 18.7 Å². The van der Waals surface area contributed by atoms with E-state index in [-0.39, 0.29) is 23.4 Å².